The Balaban J connectivity index is 1.36. The van der Waals surface area contributed by atoms with Crippen molar-refractivity contribution >= 4 is 28.3 Å². The molecule has 0 spiro atoms. The van der Waals surface area contributed by atoms with Gasteiger partial charge in [-0.25, -0.2) is 4.98 Å². The third-order valence-corrected chi connectivity index (χ3v) is 5.09. The predicted molar refractivity (Wildman–Crippen MR) is 101 cm³/mol. The summed E-state index contributed by atoms with van der Waals surface area (Å²) in [4.78, 5) is 28.2. The van der Waals surface area contributed by atoms with Crippen LogP contribution >= 0.6 is 11.3 Å². The van der Waals surface area contributed by atoms with Gasteiger partial charge in [0, 0.05) is 18.3 Å². The van der Waals surface area contributed by atoms with E-state index in [-0.39, 0.29) is 17.6 Å². The Labute approximate surface area is 156 Å². The molecule has 0 saturated carbocycles. The maximum atomic E-state index is 12.0. The Morgan fingerprint density at radius 3 is 2.96 bits per heavy atom. The lowest BCUT2D eigenvalue weighted by molar-refractivity contribution is -0.121. The lowest BCUT2D eigenvalue weighted by Crippen LogP contribution is -2.25. The van der Waals surface area contributed by atoms with Gasteiger partial charge in [-0.05, 0) is 50.7 Å². The molecule has 2 aromatic heterocycles. The number of carbonyl (C=O) groups is 2. The fourth-order valence-corrected chi connectivity index (χ4v) is 3.61. The van der Waals surface area contributed by atoms with E-state index in [1.165, 1.54) is 48.9 Å². The van der Waals surface area contributed by atoms with Crippen LogP contribution in [0.15, 0.2) is 39.8 Å². The number of thiazole rings is 1. The molecule has 0 aliphatic heterocycles. The van der Waals surface area contributed by atoms with Gasteiger partial charge in [0.05, 0.1) is 12.0 Å². The standard InChI is InChI=1S/C19H23N3O3S/c23-17(20-11-10-14-5-2-1-3-6-14)9-8-15-13-26-19(21-15)22-18(24)16-7-4-12-25-16/h4-5,7,12-13H,1-3,6,8-11H2,(H,20,23)(H,21,22,24). The second kappa shape index (κ2) is 9.33. The molecule has 0 radical (unpaired) electrons. The quantitative estimate of drug-likeness (QED) is 0.687. The molecule has 2 N–H and O–H groups in total. The summed E-state index contributed by atoms with van der Waals surface area (Å²) < 4.78 is 5.04. The lowest BCUT2D eigenvalue weighted by atomic mass is 9.97. The molecule has 6 nitrogen and oxygen atoms in total. The van der Waals surface area contributed by atoms with Crippen LogP contribution < -0.4 is 10.6 Å². The van der Waals surface area contributed by atoms with Crippen LogP contribution in [-0.2, 0) is 11.2 Å². The Bertz CT molecular complexity index is 765. The fraction of sp³-hybridized carbons (Fsp3) is 0.421. The highest BCUT2D eigenvalue weighted by molar-refractivity contribution is 7.13. The molecule has 1 aliphatic carbocycles. The van der Waals surface area contributed by atoms with Gasteiger partial charge in [0.2, 0.25) is 5.91 Å². The van der Waals surface area contributed by atoms with Gasteiger partial charge in [0.1, 0.15) is 0 Å². The molecule has 0 saturated heterocycles. The highest BCUT2D eigenvalue weighted by Gasteiger charge is 2.12. The van der Waals surface area contributed by atoms with Crippen molar-refractivity contribution in [2.24, 2.45) is 0 Å². The van der Waals surface area contributed by atoms with E-state index in [0.717, 1.165) is 12.1 Å². The first kappa shape index (κ1) is 18.4. The van der Waals surface area contributed by atoms with Crippen molar-refractivity contribution in [2.45, 2.75) is 44.9 Å². The summed E-state index contributed by atoms with van der Waals surface area (Å²) in [5.74, 6) is -0.0459. The largest absolute Gasteiger partial charge is 0.459 e. The van der Waals surface area contributed by atoms with Crippen LogP contribution in [0.25, 0.3) is 0 Å². The minimum Gasteiger partial charge on any atom is -0.459 e. The van der Waals surface area contributed by atoms with Gasteiger partial charge in [-0.15, -0.1) is 11.3 Å². The molecule has 0 unspecified atom stereocenters. The second-order valence-corrected chi connectivity index (χ2v) is 7.14. The van der Waals surface area contributed by atoms with Gasteiger partial charge in [-0.2, -0.15) is 0 Å². The van der Waals surface area contributed by atoms with Gasteiger partial charge < -0.3 is 9.73 Å². The number of rotatable bonds is 8. The highest BCUT2D eigenvalue weighted by atomic mass is 32.1. The number of carbonyl (C=O) groups excluding carboxylic acids is 2. The number of aromatic nitrogens is 1. The topological polar surface area (TPSA) is 84.2 Å². The molecule has 3 rings (SSSR count). The highest BCUT2D eigenvalue weighted by Crippen LogP contribution is 2.20. The zero-order valence-corrected chi connectivity index (χ0v) is 15.4. The van der Waals surface area contributed by atoms with Crippen molar-refractivity contribution in [2.75, 3.05) is 11.9 Å². The van der Waals surface area contributed by atoms with Gasteiger partial charge >= 0.3 is 0 Å². The van der Waals surface area contributed by atoms with Gasteiger partial charge in [-0.1, -0.05) is 11.6 Å². The van der Waals surface area contributed by atoms with E-state index in [0.29, 0.717) is 24.5 Å². The summed E-state index contributed by atoms with van der Waals surface area (Å²) in [7, 11) is 0. The van der Waals surface area contributed by atoms with E-state index in [4.69, 9.17) is 4.42 Å². The number of nitrogens with zero attached hydrogens (tertiary/aromatic N) is 1. The van der Waals surface area contributed by atoms with Crippen molar-refractivity contribution < 1.29 is 14.0 Å². The normalized spacial score (nSPS) is 13.9. The molecule has 0 aromatic carbocycles. The van der Waals surface area contributed by atoms with E-state index >= 15 is 0 Å². The van der Waals surface area contributed by atoms with E-state index < -0.39 is 0 Å². The monoisotopic (exact) mass is 373 g/mol. The number of aryl methyl sites for hydroxylation is 1. The first-order valence-corrected chi connectivity index (χ1v) is 9.82. The molecule has 0 fully saturated rings. The van der Waals surface area contributed by atoms with Crippen LogP contribution in [0.2, 0.25) is 0 Å². The summed E-state index contributed by atoms with van der Waals surface area (Å²) in [6, 6.07) is 3.25. The SMILES string of the molecule is O=C(CCc1csc(NC(=O)c2ccco2)n1)NCCC1=CCCCC1. The van der Waals surface area contributed by atoms with Crippen molar-refractivity contribution in [1.29, 1.82) is 0 Å². The van der Waals surface area contributed by atoms with E-state index in [9.17, 15) is 9.59 Å². The fourth-order valence-electron chi connectivity index (χ4n) is 2.87. The van der Waals surface area contributed by atoms with Gasteiger partial charge in [0.15, 0.2) is 10.9 Å². The minimum atomic E-state index is -0.328. The van der Waals surface area contributed by atoms with Crippen molar-refractivity contribution in [3.8, 4) is 0 Å². The molecular formula is C19H23N3O3S. The summed E-state index contributed by atoms with van der Waals surface area (Å²) >= 11 is 1.34. The molecular weight excluding hydrogens is 350 g/mol. The average Bonchev–Trinajstić information content (AvgIpc) is 3.33. The smallest absolute Gasteiger partial charge is 0.293 e. The number of nitrogens with one attached hydrogen (secondary N) is 2. The average molecular weight is 373 g/mol. The van der Waals surface area contributed by atoms with Crippen LogP contribution in [0.5, 0.6) is 0 Å². The van der Waals surface area contributed by atoms with E-state index in [1.807, 2.05) is 5.38 Å². The summed E-state index contributed by atoms with van der Waals surface area (Å²) in [6.07, 6.45) is 10.6. The van der Waals surface area contributed by atoms with E-state index in [2.05, 4.69) is 21.7 Å². The maximum Gasteiger partial charge on any atom is 0.293 e. The minimum absolute atomic E-state index is 0.0376. The van der Waals surface area contributed by atoms with Crippen LogP contribution in [0, 0.1) is 0 Å². The molecule has 26 heavy (non-hydrogen) atoms. The summed E-state index contributed by atoms with van der Waals surface area (Å²) in [6.45, 7) is 0.701. The Hall–Kier alpha value is -2.41. The zero-order valence-electron chi connectivity index (χ0n) is 14.6. The van der Waals surface area contributed by atoms with Crippen LogP contribution in [0.1, 0.15) is 54.8 Å². The maximum absolute atomic E-state index is 12.0. The van der Waals surface area contributed by atoms with Crippen LogP contribution in [0.3, 0.4) is 0 Å². The van der Waals surface area contributed by atoms with Crippen LogP contribution in [-0.4, -0.2) is 23.3 Å². The number of hydrogen-bond acceptors (Lipinski definition) is 5. The number of furan rings is 1. The molecule has 0 bridgehead atoms. The Morgan fingerprint density at radius 1 is 1.27 bits per heavy atom. The molecule has 2 heterocycles. The second-order valence-electron chi connectivity index (χ2n) is 6.28. The molecule has 138 valence electrons. The first-order valence-electron chi connectivity index (χ1n) is 8.94. The van der Waals surface area contributed by atoms with Crippen molar-refractivity contribution in [3.05, 3.63) is 46.9 Å². The number of amides is 2. The van der Waals surface area contributed by atoms with E-state index in [1.54, 1.807) is 12.1 Å². The Kier molecular flexibility index (Phi) is 6.60. The predicted octanol–water partition coefficient (Wildman–Crippen LogP) is 3.93. The molecule has 2 amide bonds. The number of hydrogen-bond donors (Lipinski definition) is 2. The molecule has 7 heteroatoms. The zero-order chi connectivity index (χ0) is 18.2. The van der Waals surface area contributed by atoms with Crippen LogP contribution in [0.4, 0.5) is 5.13 Å². The van der Waals surface area contributed by atoms with Gasteiger partial charge in [-0.3, -0.25) is 14.9 Å². The summed E-state index contributed by atoms with van der Waals surface area (Å²) in [5.41, 5.74) is 2.27. The first-order chi connectivity index (χ1) is 12.7. The van der Waals surface area contributed by atoms with Gasteiger partial charge in [0.25, 0.3) is 5.91 Å². The summed E-state index contributed by atoms with van der Waals surface area (Å²) in [5, 5.41) is 8.03. The van der Waals surface area contributed by atoms with Crippen molar-refractivity contribution in [1.82, 2.24) is 10.3 Å². The third kappa shape index (κ3) is 5.56. The number of allylic oxidation sites excluding steroid dienone is 1. The lowest BCUT2D eigenvalue weighted by Gasteiger charge is -2.12. The molecule has 2 aromatic rings. The molecule has 1 aliphatic rings. The van der Waals surface area contributed by atoms with Crippen molar-refractivity contribution in [3.63, 3.8) is 0 Å². The third-order valence-electron chi connectivity index (χ3n) is 4.28. The number of anilines is 1. The molecule has 0 atom stereocenters. The Morgan fingerprint density at radius 2 is 2.19 bits per heavy atom.